The van der Waals surface area contributed by atoms with Gasteiger partial charge in [0.1, 0.15) is 5.65 Å². The summed E-state index contributed by atoms with van der Waals surface area (Å²) in [5.41, 5.74) is 3.26. The highest BCUT2D eigenvalue weighted by molar-refractivity contribution is 8.04. The van der Waals surface area contributed by atoms with Gasteiger partial charge in [0.05, 0.1) is 21.8 Å². The van der Waals surface area contributed by atoms with Gasteiger partial charge in [0.25, 0.3) is 5.91 Å². The third-order valence-corrected chi connectivity index (χ3v) is 6.94. The number of hydrogen-bond acceptors (Lipinski definition) is 5. The van der Waals surface area contributed by atoms with Gasteiger partial charge in [0, 0.05) is 39.3 Å². The number of carbonyl (C=O) groups is 1. The van der Waals surface area contributed by atoms with Crippen LogP contribution in [0.25, 0.3) is 11.7 Å². The summed E-state index contributed by atoms with van der Waals surface area (Å²) >= 11 is 1.51. The number of pyridine rings is 1. The molecule has 1 saturated heterocycles. The van der Waals surface area contributed by atoms with E-state index in [-0.39, 0.29) is 43.1 Å². The van der Waals surface area contributed by atoms with Crippen molar-refractivity contribution in [3.8, 4) is 0 Å². The molecule has 0 radical (unpaired) electrons. The molecule has 0 unspecified atom stereocenters. The van der Waals surface area contributed by atoms with E-state index in [1.165, 1.54) is 17.3 Å². The summed E-state index contributed by atoms with van der Waals surface area (Å²) in [5.74, 6) is 0.00198. The van der Waals surface area contributed by atoms with Gasteiger partial charge in [-0.25, -0.2) is 4.98 Å². The fraction of sp³-hybridized carbons (Fsp3) is 0.333. The molecular formula is C24H30Cl3N5OS. The number of hydrogen-bond donors (Lipinski definition) is 1. The molecule has 0 saturated carbocycles. The van der Waals surface area contributed by atoms with Gasteiger partial charge in [-0.3, -0.25) is 14.1 Å². The molecule has 4 heterocycles. The smallest absolute Gasteiger partial charge is 0.258 e. The topological polar surface area (TPSA) is 52.9 Å². The number of halogens is 3. The van der Waals surface area contributed by atoms with Crippen molar-refractivity contribution in [3.05, 3.63) is 70.9 Å². The van der Waals surface area contributed by atoms with E-state index < -0.39 is 0 Å². The normalized spacial score (nSPS) is 15.5. The minimum absolute atomic E-state index is 0. The van der Waals surface area contributed by atoms with Gasteiger partial charge in [-0.1, -0.05) is 48.2 Å². The fourth-order valence-electron chi connectivity index (χ4n) is 4.20. The van der Waals surface area contributed by atoms with Gasteiger partial charge in [-0.2, -0.15) is 0 Å². The minimum Gasteiger partial charge on any atom is -0.352 e. The van der Waals surface area contributed by atoms with Crippen LogP contribution in [0.1, 0.15) is 17.7 Å². The molecule has 1 N–H and O–H groups in total. The summed E-state index contributed by atoms with van der Waals surface area (Å²) < 4.78 is 2.08. The van der Waals surface area contributed by atoms with Crippen LogP contribution < -0.4 is 5.32 Å². The number of benzene rings is 1. The van der Waals surface area contributed by atoms with Crippen LogP contribution in [-0.4, -0.2) is 64.4 Å². The summed E-state index contributed by atoms with van der Waals surface area (Å²) in [4.78, 5) is 22.8. The summed E-state index contributed by atoms with van der Waals surface area (Å²) in [7, 11) is 0. The number of imidazole rings is 1. The Bertz CT molecular complexity index is 1100. The van der Waals surface area contributed by atoms with Crippen molar-refractivity contribution in [2.75, 3.05) is 39.3 Å². The first-order valence-corrected chi connectivity index (χ1v) is 11.7. The van der Waals surface area contributed by atoms with Gasteiger partial charge < -0.3 is 10.2 Å². The second-order valence-corrected chi connectivity index (χ2v) is 9.13. The lowest BCUT2D eigenvalue weighted by Crippen LogP contribution is -2.46. The van der Waals surface area contributed by atoms with Crippen molar-refractivity contribution in [1.82, 2.24) is 24.5 Å². The number of amides is 1. The number of nitrogens with zero attached hydrogens (tertiary/aromatic N) is 4. The van der Waals surface area contributed by atoms with E-state index in [1.807, 2.05) is 30.5 Å². The average molecular weight is 543 g/mol. The molecule has 10 heteroatoms. The zero-order valence-corrected chi connectivity index (χ0v) is 22.0. The van der Waals surface area contributed by atoms with E-state index in [0.717, 1.165) is 67.0 Å². The average Bonchev–Trinajstić information content (AvgIpc) is 3.23. The molecule has 6 nitrogen and oxygen atoms in total. The second kappa shape index (κ2) is 13.4. The Morgan fingerprint density at radius 2 is 1.68 bits per heavy atom. The molecule has 1 amide bonds. The fourth-order valence-corrected chi connectivity index (χ4v) is 5.21. The maximum absolute atomic E-state index is 12.7. The first-order valence-electron chi connectivity index (χ1n) is 10.9. The van der Waals surface area contributed by atoms with E-state index in [4.69, 9.17) is 0 Å². The van der Waals surface area contributed by atoms with Crippen LogP contribution in [0.3, 0.4) is 0 Å². The van der Waals surface area contributed by atoms with E-state index in [2.05, 4.69) is 54.8 Å². The number of piperazine rings is 1. The first-order chi connectivity index (χ1) is 15.3. The van der Waals surface area contributed by atoms with Gasteiger partial charge >= 0.3 is 0 Å². The number of nitrogens with one attached hydrogen (secondary N) is 1. The Hall–Kier alpha value is -1.74. The van der Waals surface area contributed by atoms with Gasteiger partial charge in [-0.05, 0) is 36.7 Å². The number of carbonyl (C=O) groups excluding carboxylic acids is 1. The number of thioether (sulfide) groups is 1. The van der Waals surface area contributed by atoms with E-state index in [0.29, 0.717) is 6.54 Å². The molecule has 2 aliphatic rings. The van der Waals surface area contributed by atoms with E-state index in [1.54, 1.807) is 0 Å². The van der Waals surface area contributed by atoms with Crippen molar-refractivity contribution in [1.29, 1.82) is 0 Å². The maximum atomic E-state index is 12.7. The SMILES string of the molecule is Cl.Cl.Cl.O=C(NCCCN1CCN(Cc2ccccc2)CC1)C1=Cc2cnc3cccc(n23)S1. The van der Waals surface area contributed by atoms with Crippen molar-refractivity contribution in [2.24, 2.45) is 0 Å². The molecular weight excluding hydrogens is 513 g/mol. The summed E-state index contributed by atoms with van der Waals surface area (Å²) in [6.45, 7) is 7.14. The van der Waals surface area contributed by atoms with Crippen molar-refractivity contribution in [3.63, 3.8) is 0 Å². The lowest BCUT2D eigenvalue weighted by atomic mass is 10.2. The summed E-state index contributed by atoms with van der Waals surface area (Å²) in [6, 6.07) is 16.7. The lowest BCUT2D eigenvalue weighted by Gasteiger charge is -2.34. The first kappa shape index (κ1) is 28.5. The van der Waals surface area contributed by atoms with Crippen molar-refractivity contribution in [2.45, 2.75) is 18.0 Å². The molecule has 0 aliphatic carbocycles. The molecule has 1 fully saturated rings. The lowest BCUT2D eigenvalue weighted by molar-refractivity contribution is -0.116. The Morgan fingerprint density at radius 1 is 0.941 bits per heavy atom. The van der Waals surface area contributed by atoms with Crippen LogP contribution in [0.5, 0.6) is 0 Å². The van der Waals surface area contributed by atoms with Crippen LogP contribution in [0.15, 0.2) is 64.7 Å². The van der Waals surface area contributed by atoms with Gasteiger partial charge in [-0.15, -0.1) is 37.2 Å². The molecule has 0 atom stereocenters. The van der Waals surface area contributed by atoms with Crippen LogP contribution in [0, 0.1) is 0 Å². The third kappa shape index (κ3) is 6.68. The Labute approximate surface area is 223 Å². The molecule has 0 bridgehead atoms. The summed E-state index contributed by atoms with van der Waals surface area (Å²) in [5, 5.41) is 4.13. The zero-order chi connectivity index (χ0) is 21.0. The Morgan fingerprint density at radius 3 is 2.44 bits per heavy atom. The van der Waals surface area contributed by atoms with Crippen LogP contribution in [0.4, 0.5) is 0 Å². The summed E-state index contributed by atoms with van der Waals surface area (Å²) in [6.07, 6.45) is 4.72. The highest BCUT2D eigenvalue weighted by Crippen LogP contribution is 2.34. The van der Waals surface area contributed by atoms with Crippen LogP contribution in [-0.2, 0) is 11.3 Å². The van der Waals surface area contributed by atoms with Crippen LogP contribution in [0.2, 0.25) is 0 Å². The largest absolute Gasteiger partial charge is 0.352 e. The quantitative estimate of drug-likeness (QED) is 0.449. The number of rotatable bonds is 7. The predicted molar refractivity (Wildman–Crippen MR) is 147 cm³/mol. The molecule has 2 aromatic heterocycles. The van der Waals surface area contributed by atoms with Gasteiger partial charge in [0.15, 0.2) is 0 Å². The Balaban J connectivity index is 0.00000136. The van der Waals surface area contributed by atoms with Gasteiger partial charge in [0.2, 0.25) is 0 Å². The molecule has 3 aromatic rings. The molecule has 184 valence electrons. The van der Waals surface area contributed by atoms with E-state index in [9.17, 15) is 4.79 Å². The third-order valence-electron chi connectivity index (χ3n) is 5.89. The van der Waals surface area contributed by atoms with Crippen molar-refractivity contribution >= 4 is 66.6 Å². The monoisotopic (exact) mass is 541 g/mol. The highest BCUT2D eigenvalue weighted by atomic mass is 35.5. The minimum atomic E-state index is 0. The molecule has 0 spiro atoms. The second-order valence-electron chi connectivity index (χ2n) is 8.06. The molecule has 34 heavy (non-hydrogen) atoms. The number of aromatic nitrogens is 2. The van der Waals surface area contributed by atoms with E-state index >= 15 is 0 Å². The standard InChI is InChI=1S/C24H27N5OS.3ClH/c30-24(21-16-20-17-26-22-8-4-9-23(31-21)29(20)22)25-10-5-11-27-12-14-28(15-13-27)18-19-6-2-1-3-7-19;;;/h1-4,6-9,16-17H,5,10-15,18H2,(H,25,30);3*1H. The highest BCUT2D eigenvalue weighted by Gasteiger charge is 2.20. The molecule has 5 rings (SSSR count). The van der Waals surface area contributed by atoms with Crippen LogP contribution >= 0.6 is 49.0 Å². The predicted octanol–water partition coefficient (Wildman–Crippen LogP) is 4.37. The molecule has 2 aliphatic heterocycles. The zero-order valence-electron chi connectivity index (χ0n) is 18.8. The van der Waals surface area contributed by atoms with Crippen molar-refractivity contribution < 1.29 is 4.79 Å². The molecule has 1 aromatic carbocycles. The maximum Gasteiger partial charge on any atom is 0.258 e. The Kier molecular flexibility index (Phi) is 11.2.